The average Bonchev–Trinajstić information content (AvgIpc) is 2.99. The number of amides is 1. The lowest BCUT2D eigenvalue weighted by Crippen LogP contribution is -2.24. The van der Waals surface area contributed by atoms with Crippen LogP contribution in [0.25, 0.3) is 5.69 Å². The van der Waals surface area contributed by atoms with Crippen molar-refractivity contribution >= 4 is 27.7 Å². The second kappa shape index (κ2) is 5.66. The number of hydrogen-bond donors (Lipinski definition) is 1. The number of anilines is 1. The van der Waals surface area contributed by atoms with E-state index in [9.17, 15) is 4.79 Å². The van der Waals surface area contributed by atoms with Crippen molar-refractivity contribution in [2.45, 2.75) is 12.3 Å². The van der Waals surface area contributed by atoms with Crippen molar-refractivity contribution in [2.75, 3.05) is 5.32 Å². The number of aromatic nitrogens is 2. The van der Waals surface area contributed by atoms with Gasteiger partial charge in [-0.2, -0.15) is 5.10 Å². The summed E-state index contributed by atoms with van der Waals surface area (Å²) in [5.41, 5.74) is 3.11. The Morgan fingerprint density at radius 2 is 1.83 bits per heavy atom. The molecule has 0 fully saturated rings. The van der Waals surface area contributed by atoms with Crippen LogP contribution in [0.1, 0.15) is 23.5 Å². The van der Waals surface area contributed by atoms with Crippen molar-refractivity contribution in [3.8, 4) is 5.69 Å². The van der Waals surface area contributed by atoms with Gasteiger partial charge in [-0.3, -0.25) is 4.79 Å². The molecule has 3 aromatic rings. The molecule has 0 spiro atoms. The predicted octanol–water partition coefficient (Wildman–Crippen LogP) is 4.11. The highest BCUT2D eigenvalue weighted by Gasteiger charge is 2.30. The molecule has 0 aliphatic carbocycles. The number of fused-ring (bicyclic) bond motifs is 1. The van der Waals surface area contributed by atoms with Crippen LogP contribution in [0.15, 0.2) is 65.3 Å². The van der Waals surface area contributed by atoms with Crippen molar-refractivity contribution in [3.63, 3.8) is 0 Å². The van der Waals surface area contributed by atoms with Gasteiger partial charge >= 0.3 is 0 Å². The van der Waals surface area contributed by atoms with Crippen molar-refractivity contribution in [1.82, 2.24) is 9.78 Å². The Morgan fingerprint density at radius 3 is 2.57 bits per heavy atom. The number of nitrogens with one attached hydrogen (secondary N) is 1. The lowest BCUT2D eigenvalue weighted by molar-refractivity contribution is -0.116. The number of hydrogen-bond acceptors (Lipinski definition) is 2. The summed E-state index contributed by atoms with van der Waals surface area (Å²) in [4.78, 5) is 12.2. The topological polar surface area (TPSA) is 46.9 Å². The van der Waals surface area contributed by atoms with E-state index in [4.69, 9.17) is 0 Å². The first-order valence-electron chi connectivity index (χ1n) is 7.41. The van der Waals surface area contributed by atoms with Crippen LogP contribution in [0.3, 0.4) is 0 Å². The van der Waals surface area contributed by atoms with Gasteiger partial charge in [-0.25, -0.2) is 4.68 Å². The lowest BCUT2D eigenvalue weighted by atomic mass is 9.87. The molecule has 0 radical (unpaired) electrons. The molecule has 4 nitrogen and oxygen atoms in total. The molecule has 2 aromatic carbocycles. The molecule has 1 aromatic heterocycles. The third-order valence-corrected chi connectivity index (χ3v) is 4.62. The van der Waals surface area contributed by atoms with E-state index in [-0.39, 0.29) is 11.8 Å². The zero-order chi connectivity index (χ0) is 15.8. The minimum Gasteiger partial charge on any atom is -0.310 e. The molecule has 0 saturated heterocycles. The van der Waals surface area contributed by atoms with E-state index in [1.807, 2.05) is 48.7 Å². The number of carbonyl (C=O) groups is 1. The van der Waals surface area contributed by atoms with Crippen LogP contribution >= 0.6 is 15.9 Å². The molecule has 1 N–H and O–H groups in total. The van der Waals surface area contributed by atoms with Crippen LogP contribution in [-0.4, -0.2) is 15.7 Å². The van der Waals surface area contributed by atoms with Crippen molar-refractivity contribution in [3.05, 3.63) is 76.4 Å². The van der Waals surface area contributed by atoms with E-state index in [1.165, 1.54) is 0 Å². The fourth-order valence-corrected chi connectivity index (χ4v) is 3.24. The van der Waals surface area contributed by atoms with Gasteiger partial charge in [0.1, 0.15) is 5.82 Å². The highest BCUT2D eigenvalue weighted by Crippen LogP contribution is 2.37. The Kier molecular flexibility index (Phi) is 3.50. The molecule has 1 aliphatic rings. The first-order valence-corrected chi connectivity index (χ1v) is 8.20. The van der Waals surface area contributed by atoms with E-state index in [1.54, 1.807) is 4.68 Å². The second-order valence-corrected chi connectivity index (χ2v) is 6.47. The largest absolute Gasteiger partial charge is 0.310 e. The lowest BCUT2D eigenvalue weighted by Gasteiger charge is -2.23. The van der Waals surface area contributed by atoms with Gasteiger partial charge in [0.25, 0.3) is 0 Å². The van der Waals surface area contributed by atoms with Gasteiger partial charge in [0.2, 0.25) is 5.91 Å². The van der Waals surface area contributed by atoms with E-state index in [0.717, 1.165) is 27.1 Å². The first kappa shape index (κ1) is 14.2. The maximum Gasteiger partial charge on any atom is 0.226 e. The zero-order valence-corrected chi connectivity index (χ0v) is 13.8. The highest BCUT2D eigenvalue weighted by atomic mass is 79.9. The number of carbonyl (C=O) groups excluding carboxylic acids is 1. The van der Waals surface area contributed by atoms with Crippen LogP contribution in [0.4, 0.5) is 5.82 Å². The van der Waals surface area contributed by atoms with Crippen LogP contribution in [0.5, 0.6) is 0 Å². The number of benzene rings is 2. The Hall–Kier alpha value is -2.40. The van der Waals surface area contributed by atoms with Gasteiger partial charge in [0.05, 0.1) is 11.9 Å². The standard InChI is InChI=1S/C18H14BrN3O/c19-13-6-8-14(9-7-13)22-18-16(11-20-22)15(10-17(23)21-18)12-4-2-1-3-5-12/h1-9,11,15H,10H2,(H,21,23). The Morgan fingerprint density at radius 1 is 1.09 bits per heavy atom. The monoisotopic (exact) mass is 367 g/mol. The Labute approximate surface area is 142 Å². The highest BCUT2D eigenvalue weighted by molar-refractivity contribution is 9.10. The van der Waals surface area contributed by atoms with Crippen LogP contribution in [0, 0.1) is 0 Å². The van der Waals surface area contributed by atoms with E-state index < -0.39 is 0 Å². The normalized spacial score (nSPS) is 16.7. The molecule has 2 heterocycles. The Balaban J connectivity index is 1.81. The summed E-state index contributed by atoms with van der Waals surface area (Å²) in [7, 11) is 0. The third-order valence-electron chi connectivity index (χ3n) is 4.09. The molecule has 1 unspecified atom stereocenters. The zero-order valence-electron chi connectivity index (χ0n) is 12.2. The summed E-state index contributed by atoms with van der Waals surface area (Å²) in [5.74, 6) is 0.826. The maximum absolute atomic E-state index is 12.2. The molecule has 0 saturated carbocycles. The third kappa shape index (κ3) is 2.57. The van der Waals surface area contributed by atoms with Crippen LogP contribution in [0.2, 0.25) is 0 Å². The molecule has 1 amide bonds. The number of rotatable bonds is 2. The summed E-state index contributed by atoms with van der Waals surface area (Å²) in [6.45, 7) is 0. The summed E-state index contributed by atoms with van der Waals surface area (Å²) in [6.07, 6.45) is 2.30. The van der Waals surface area contributed by atoms with E-state index in [0.29, 0.717) is 6.42 Å². The fourth-order valence-electron chi connectivity index (χ4n) is 2.98. The molecule has 5 heteroatoms. The summed E-state index contributed by atoms with van der Waals surface area (Å²) >= 11 is 3.43. The quantitative estimate of drug-likeness (QED) is 0.740. The SMILES string of the molecule is O=C1CC(c2ccccc2)c2cnn(-c3ccc(Br)cc3)c2N1. The number of nitrogens with zero attached hydrogens (tertiary/aromatic N) is 2. The molecule has 0 bridgehead atoms. The van der Waals surface area contributed by atoms with Gasteiger partial charge in [-0.05, 0) is 29.8 Å². The fraction of sp³-hybridized carbons (Fsp3) is 0.111. The minimum atomic E-state index is 0.0187. The summed E-state index contributed by atoms with van der Waals surface area (Å²) in [6, 6.07) is 18.0. The smallest absolute Gasteiger partial charge is 0.226 e. The Bertz CT molecular complexity index is 856. The predicted molar refractivity (Wildman–Crippen MR) is 92.8 cm³/mol. The second-order valence-electron chi connectivity index (χ2n) is 5.55. The molecule has 114 valence electrons. The maximum atomic E-state index is 12.2. The summed E-state index contributed by atoms with van der Waals surface area (Å²) < 4.78 is 2.79. The van der Waals surface area contributed by atoms with Crippen molar-refractivity contribution < 1.29 is 4.79 Å². The summed E-state index contributed by atoms with van der Waals surface area (Å²) in [5, 5.41) is 7.47. The molecule has 23 heavy (non-hydrogen) atoms. The average molecular weight is 368 g/mol. The van der Waals surface area contributed by atoms with Crippen LogP contribution < -0.4 is 5.32 Å². The minimum absolute atomic E-state index is 0.0187. The van der Waals surface area contributed by atoms with E-state index in [2.05, 4.69) is 38.5 Å². The molecule has 1 aliphatic heterocycles. The molecular formula is C18H14BrN3O. The molecule has 1 atom stereocenters. The van der Waals surface area contributed by atoms with Gasteiger partial charge < -0.3 is 5.32 Å². The molecule has 4 rings (SSSR count). The molecular weight excluding hydrogens is 354 g/mol. The van der Waals surface area contributed by atoms with Crippen LogP contribution in [-0.2, 0) is 4.79 Å². The van der Waals surface area contributed by atoms with E-state index >= 15 is 0 Å². The van der Waals surface area contributed by atoms with Crippen molar-refractivity contribution in [1.29, 1.82) is 0 Å². The van der Waals surface area contributed by atoms with Crippen molar-refractivity contribution in [2.24, 2.45) is 0 Å². The number of halogens is 1. The van der Waals surface area contributed by atoms with Gasteiger partial charge in [-0.15, -0.1) is 0 Å². The van der Waals surface area contributed by atoms with Gasteiger partial charge in [-0.1, -0.05) is 46.3 Å². The van der Waals surface area contributed by atoms with Gasteiger partial charge in [0.15, 0.2) is 0 Å². The van der Waals surface area contributed by atoms with Gasteiger partial charge in [0, 0.05) is 22.4 Å². The first-order chi connectivity index (χ1) is 11.2.